The van der Waals surface area contributed by atoms with Gasteiger partial charge in [-0.25, -0.2) is 0 Å². The van der Waals surface area contributed by atoms with Gasteiger partial charge in [0.1, 0.15) is 0 Å². The lowest BCUT2D eigenvalue weighted by molar-refractivity contribution is -0.182. The molecular weight excluding hydrogens is 234 g/mol. The van der Waals surface area contributed by atoms with E-state index in [1.807, 2.05) is 32.0 Å². The topological polar surface area (TPSA) is 75.6 Å². The molecule has 18 heavy (non-hydrogen) atoms. The van der Waals surface area contributed by atoms with Crippen molar-refractivity contribution in [1.82, 2.24) is 0 Å². The third-order valence-electron chi connectivity index (χ3n) is 3.18. The summed E-state index contributed by atoms with van der Waals surface area (Å²) in [4.78, 5) is 23.2. The summed E-state index contributed by atoms with van der Waals surface area (Å²) >= 11 is 0. The first-order valence-corrected chi connectivity index (χ1v) is 5.65. The standard InChI is InChI=1S/C13H15NO4/c1-8-3-4-9(2)10(5-8)14-11(15)13(12(16)17)6-18-7-13/h3-5H,6-7H2,1-2H3,(H,14,15)(H,16,17). The number of nitrogens with one attached hydrogen (secondary N) is 1. The molecule has 2 rings (SSSR count). The van der Waals surface area contributed by atoms with Gasteiger partial charge in [-0.1, -0.05) is 12.1 Å². The van der Waals surface area contributed by atoms with E-state index in [0.29, 0.717) is 5.69 Å². The zero-order valence-electron chi connectivity index (χ0n) is 10.3. The number of ether oxygens (including phenoxy) is 1. The number of carbonyl (C=O) groups is 2. The molecule has 1 heterocycles. The second kappa shape index (κ2) is 4.42. The van der Waals surface area contributed by atoms with Gasteiger partial charge in [-0.15, -0.1) is 0 Å². The first kappa shape index (κ1) is 12.6. The number of aryl methyl sites for hydroxylation is 2. The van der Waals surface area contributed by atoms with Crippen LogP contribution in [0.5, 0.6) is 0 Å². The Hall–Kier alpha value is -1.88. The predicted octanol–water partition coefficient (Wildman–Crippen LogP) is 1.34. The van der Waals surface area contributed by atoms with Gasteiger partial charge in [0.2, 0.25) is 5.91 Å². The second-order valence-corrected chi connectivity index (χ2v) is 4.65. The molecule has 1 saturated heterocycles. The fraction of sp³-hybridized carbons (Fsp3) is 0.385. The van der Waals surface area contributed by atoms with Crippen molar-refractivity contribution in [1.29, 1.82) is 0 Å². The molecule has 0 saturated carbocycles. The Kier molecular flexibility index (Phi) is 3.09. The average Bonchev–Trinajstić information content (AvgIpc) is 2.21. The molecule has 1 aliphatic heterocycles. The van der Waals surface area contributed by atoms with Crippen LogP contribution < -0.4 is 5.32 Å². The van der Waals surface area contributed by atoms with Crippen LogP contribution in [0.3, 0.4) is 0 Å². The van der Waals surface area contributed by atoms with E-state index < -0.39 is 17.3 Å². The van der Waals surface area contributed by atoms with Crippen LogP contribution in [-0.2, 0) is 14.3 Å². The predicted molar refractivity (Wildman–Crippen MR) is 65.4 cm³/mol. The van der Waals surface area contributed by atoms with E-state index in [1.54, 1.807) is 0 Å². The van der Waals surface area contributed by atoms with Gasteiger partial charge in [0, 0.05) is 5.69 Å². The average molecular weight is 249 g/mol. The number of anilines is 1. The van der Waals surface area contributed by atoms with Gasteiger partial charge in [-0.05, 0) is 31.0 Å². The SMILES string of the molecule is Cc1ccc(C)c(NC(=O)C2(C(=O)O)COC2)c1. The molecule has 0 atom stereocenters. The minimum Gasteiger partial charge on any atom is -0.480 e. The van der Waals surface area contributed by atoms with E-state index in [0.717, 1.165) is 11.1 Å². The van der Waals surface area contributed by atoms with Gasteiger partial charge in [-0.2, -0.15) is 0 Å². The monoisotopic (exact) mass is 249 g/mol. The summed E-state index contributed by atoms with van der Waals surface area (Å²) in [5.74, 6) is -1.66. The molecule has 0 bridgehead atoms. The smallest absolute Gasteiger partial charge is 0.324 e. The first-order valence-electron chi connectivity index (χ1n) is 5.65. The maximum atomic E-state index is 12.0. The zero-order valence-corrected chi connectivity index (χ0v) is 10.3. The van der Waals surface area contributed by atoms with Crippen LogP contribution in [0.1, 0.15) is 11.1 Å². The largest absolute Gasteiger partial charge is 0.480 e. The third-order valence-corrected chi connectivity index (χ3v) is 3.18. The van der Waals surface area contributed by atoms with Crippen LogP contribution in [0.4, 0.5) is 5.69 Å². The van der Waals surface area contributed by atoms with Crippen molar-refractivity contribution in [3.8, 4) is 0 Å². The van der Waals surface area contributed by atoms with Crippen molar-refractivity contribution in [3.05, 3.63) is 29.3 Å². The van der Waals surface area contributed by atoms with Crippen LogP contribution in [0, 0.1) is 19.3 Å². The highest BCUT2D eigenvalue weighted by atomic mass is 16.5. The molecule has 1 aliphatic rings. The van der Waals surface area contributed by atoms with E-state index in [9.17, 15) is 9.59 Å². The molecule has 1 aromatic carbocycles. The minimum atomic E-state index is -1.43. The van der Waals surface area contributed by atoms with Crippen molar-refractivity contribution in [2.45, 2.75) is 13.8 Å². The molecule has 0 aromatic heterocycles. The first-order chi connectivity index (χ1) is 8.45. The Labute approximate surface area is 105 Å². The van der Waals surface area contributed by atoms with E-state index in [-0.39, 0.29) is 13.2 Å². The summed E-state index contributed by atoms with van der Waals surface area (Å²) in [7, 11) is 0. The molecule has 2 N–H and O–H groups in total. The van der Waals surface area contributed by atoms with Crippen LogP contribution in [0.2, 0.25) is 0 Å². The van der Waals surface area contributed by atoms with E-state index >= 15 is 0 Å². The summed E-state index contributed by atoms with van der Waals surface area (Å²) in [6.45, 7) is 3.63. The molecule has 0 spiro atoms. The van der Waals surface area contributed by atoms with Gasteiger partial charge in [0.15, 0.2) is 5.41 Å². The van der Waals surface area contributed by atoms with Crippen LogP contribution in [0.25, 0.3) is 0 Å². The Balaban J connectivity index is 2.21. The summed E-state index contributed by atoms with van der Waals surface area (Å²) in [6, 6.07) is 5.64. The molecule has 1 amide bonds. The lowest BCUT2D eigenvalue weighted by Gasteiger charge is -2.35. The fourth-order valence-electron chi connectivity index (χ4n) is 1.77. The number of carbonyl (C=O) groups excluding carboxylic acids is 1. The highest BCUT2D eigenvalue weighted by molar-refractivity contribution is 6.09. The van der Waals surface area contributed by atoms with Gasteiger partial charge in [0.25, 0.3) is 0 Å². The minimum absolute atomic E-state index is 0.0704. The summed E-state index contributed by atoms with van der Waals surface area (Å²) < 4.78 is 4.87. The van der Waals surface area contributed by atoms with Gasteiger partial charge in [-0.3, -0.25) is 9.59 Å². The van der Waals surface area contributed by atoms with Crippen molar-refractivity contribution < 1.29 is 19.4 Å². The Morgan fingerprint density at radius 1 is 1.33 bits per heavy atom. The molecule has 5 heteroatoms. The molecule has 1 aromatic rings. The van der Waals surface area contributed by atoms with Gasteiger partial charge >= 0.3 is 5.97 Å². The number of rotatable bonds is 3. The molecule has 0 unspecified atom stereocenters. The maximum Gasteiger partial charge on any atom is 0.324 e. The zero-order chi connectivity index (χ0) is 13.3. The number of benzene rings is 1. The molecule has 5 nitrogen and oxygen atoms in total. The number of hydrogen-bond acceptors (Lipinski definition) is 3. The number of hydrogen-bond donors (Lipinski definition) is 2. The van der Waals surface area contributed by atoms with Crippen LogP contribution >= 0.6 is 0 Å². The lowest BCUT2D eigenvalue weighted by Crippen LogP contribution is -2.57. The highest BCUT2D eigenvalue weighted by Gasteiger charge is 2.53. The van der Waals surface area contributed by atoms with Gasteiger partial charge in [0.05, 0.1) is 13.2 Å². The third kappa shape index (κ3) is 1.97. The normalized spacial score (nSPS) is 16.8. The highest BCUT2D eigenvalue weighted by Crippen LogP contribution is 2.30. The molecule has 96 valence electrons. The van der Waals surface area contributed by atoms with Crippen molar-refractivity contribution >= 4 is 17.6 Å². The van der Waals surface area contributed by atoms with Crippen LogP contribution in [-0.4, -0.2) is 30.2 Å². The van der Waals surface area contributed by atoms with E-state index in [4.69, 9.17) is 9.84 Å². The summed E-state index contributed by atoms with van der Waals surface area (Å²) in [5.41, 5.74) is 1.11. The van der Waals surface area contributed by atoms with Gasteiger partial charge < -0.3 is 15.2 Å². The number of aliphatic carboxylic acids is 1. The lowest BCUT2D eigenvalue weighted by atomic mass is 9.85. The van der Waals surface area contributed by atoms with E-state index in [1.165, 1.54) is 0 Å². The Morgan fingerprint density at radius 3 is 2.50 bits per heavy atom. The quantitative estimate of drug-likeness (QED) is 0.793. The van der Waals surface area contributed by atoms with E-state index in [2.05, 4.69) is 5.32 Å². The van der Waals surface area contributed by atoms with Crippen molar-refractivity contribution in [2.24, 2.45) is 5.41 Å². The molecular formula is C13H15NO4. The summed E-state index contributed by atoms with van der Waals surface area (Å²) in [5, 5.41) is 11.8. The second-order valence-electron chi connectivity index (χ2n) is 4.65. The molecule has 0 aliphatic carbocycles. The Morgan fingerprint density at radius 2 is 2.00 bits per heavy atom. The van der Waals surface area contributed by atoms with Crippen molar-refractivity contribution in [2.75, 3.05) is 18.5 Å². The number of amides is 1. The number of carboxylic acid groups (broad SMARTS) is 1. The van der Waals surface area contributed by atoms with Crippen molar-refractivity contribution in [3.63, 3.8) is 0 Å². The van der Waals surface area contributed by atoms with Crippen LogP contribution in [0.15, 0.2) is 18.2 Å². The fourth-order valence-corrected chi connectivity index (χ4v) is 1.77. The number of carboxylic acids is 1. The Bertz CT molecular complexity index is 506. The molecule has 0 radical (unpaired) electrons. The summed E-state index contributed by atoms with van der Waals surface area (Å²) in [6.07, 6.45) is 0. The molecule has 1 fully saturated rings. The maximum absolute atomic E-state index is 12.0.